The van der Waals surface area contributed by atoms with Crippen LogP contribution < -0.4 is 0 Å². The number of benzene rings is 2. The highest BCUT2D eigenvalue weighted by Gasteiger charge is 2.57. The second-order valence-corrected chi connectivity index (χ2v) is 9.19. The molecular weight excluding hydrogens is 425 g/mol. The van der Waals surface area contributed by atoms with E-state index in [0.717, 1.165) is 5.56 Å². The summed E-state index contributed by atoms with van der Waals surface area (Å²) in [6.07, 6.45) is 0.0858. The number of nitrogens with zero attached hydrogens (tertiary/aromatic N) is 1. The van der Waals surface area contributed by atoms with E-state index in [1.54, 1.807) is 39.8 Å². The van der Waals surface area contributed by atoms with Gasteiger partial charge in [-0.15, -0.1) is 0 Å². The van der Waals surface area contributed by atoms with Crippen molar-refractivity contribution in [3.63, 3.8) is 0 Å². The third-order valence-electron chi connectivity index (χ3n) is 5.54. The Balaban J connectivity index is 1.97. The molecule has 2 aromatic rings. The summed E-state index contributed by atoms with van der Waals surface area (Å²) in [5.41, 5.74) is -0.628. The van der Waals surface area contributed by atoms with Gasteiger partial charge in [0, 0.05) is 0 Å². The molecule has 1 aliphatic rings. The van der Waals surface area contributed by atoms with Gasteiger partial charge in [0.15, 0.2) is 5.54 Å². The minimum atomic E-state index is -1.38. The minimum Gasteiger partial charge on any atom is -0.464 e. The Morgan fingerprint density at radius 3 is 2.48 bits per heavy atom. The van der Waals surface area contributed by atoms with Gasteiger partial charge in [0.1, 0.15) is 11.4 Å². The molecule has 1 heterocycles. The first-order chi connectivity index (χ1) is 15.7. The number of rotatable bonds is 7. The number of hydrogen-bond donors (Lipinski definition) is 0. The third kappa shape index (κ3) is 5.90. The maximum atomic E-state index is 14.0. The van der Waals surface area contributed by atoms with Gasteiger partial charge in [0.2, 0.25) is 0 Å². The second-order valence-electron chi connectivity index (χ2n) is 9.19. The Bertz CT molecular complexity index is 959. The normalized spacial score (nSPS) is 20.5. The quantitative estimate of drug-likeness (QED) is 0.520. The molecule has 0 spiro atoms. The van der Waals surface area contributed by atoms with E-state index < -0.39 is 35.1 Å². The van der Waals surface area contributed by atoms with Gasteiger partial charge in [-0.05, 0) is 63.8 Å². The van der Waals surface area contributed by atoms with Crippen LogP contribution >= 0.6 is 0 Å². The summed E-state index contributed by atoms with van der Waals surface area (Å²) >= 11 is 0. The van der Waals surface area contributed by atoms with Gasteiger partial charge in [0.25, 0.3) is 0 Å². The van der Waals surface area contributed by atoms with Crippen molar-refractivity contribution in [2.75, 3.05) is 13.2 Å². The predicted octanol–water partition coefficient (Wildman–Crippen LogP) is 5.42. The first-order valence-electron chi connectivity index (χ1n) is 11.2. The molecule has 0 saturated carbocycles. The SMILES string of the molecule is CCOC(=O)[C@@]1(COCc2ccccc2)CC[C@@H](c2cccc(F)c2)N1C(=O)OC(C)(C)C. The topological polar surface area (TPSA) is 65.1 Å². The van der Waals surface area contributed by atoms with Crippen molar-refractivity contribution in [2.24, 2.45) is 0 Å². The Labute approximate surface area is 194 Å². The van der Waals surface area contributed by atoms with Crippen molar-refractivity contribution in [1.29, 1.82) is 0 Å². The molecule has 178 valence electrons. The van der Waals surface area contributed by atoms with Crippen molar-refractivity contribution < 1.29 is 28.2 Å². The Morgan fingerprint density at radius 2 is 1.85 bits per heavy atom. The fraction of sp³-hybridized carbons (Fsp3) is 0.462. The molecule has 6 nitrogen and oxygen atoms in total. The summed E-state index contributed by atoms with van der Waals surface area (Å²) in [7, 11) is 0. The Kier molecular flexibility index (Phi) is 7.74. The molecule has 3 rings (SSSR count). The Hall–Kier alpha value is -2.93. The fourth-order valence-corrected chi connectivity index (χ4v) is 4.14. The minimum absolute atomic E-state index is 0.0637. The van der Waals surface area contributed by atoms with Gasteiger partial charge < -0.3 is 14.2 Å². The van der Waals surface area contributed by atoms with Crippen LogP contribution in [0.4, 0.5) is 9.18 Å². The second kappa shape index (κ2) is 10.3. The van der Waals surface area contributed by atoms with Crippen LogP contribution in [0.3, 0.4) is 0 Å². The third-order valence-corrected chi connectivity index (χ3v) is 5.54. The molecule has 1 fully saturated rings. The van der Waals surface area contributed by atoms with Crippen molar-refractivity contribution in [2.45, 2.75) is 64.3 Å². The van der Waals surface area contributed by atoms with Crippen LogP contribution in [0.25, 0.3) is 0 Å². The lowest BCUT2D eigenvalue weighted by Gasteiger charge is -2.39. The van der Waals surface area contributed by atoms with Gasteiger partial charge in [0.05, 0.1) is 25.9 Å². The van der Waals surface area contributed by atoms with E-state index in [1.165, 1.54) is 17.0 Å². The zero-order valence-electron chi connectivity index (χ0n) is 19.7. The molecule has 0 unspecified atom stereocenters. The number of likely N-dealkylation sites (tertiary alicyclic amines) is 1. The number of ether oxygens (including phenoxy) is 3. The number of esters is 1. The van der Waals surface area contributed by atoms with E-state index in [2.05, 4.69) is 0 Å². The summed E-state index contributed by atoms with van der Waals surface area (Å²) in [5, 5.41) is 0. The highest BCUT2D eigenvalue weighted by atomic mass is 19.1. The average Bonchev–Trinajstić information content (AvgIpc) is 3.14. The molecule has 33 heavy (non-hydrogen) atoms. The lowest BCUT2D eigenvalue weighted by atomic mass is 9.97. The highest BCUT2D eigenvalue weighted by Crippen LogP contribution is 2.45. The molecule has 0 aromatic heterocycles. The number of carbonyl (C=O) groups is 2. The van der Waals surface area contributed by atoms with E-state index in [4.69, 9.17) is 14.2 Å². The first-order valence-corrected chi connectivity index (χ1v) is 11.2. The molecule has 2 atom stereocenters. The van der Waals surface area contributed by atoms with Gasteiger partial charge in [-0.1, -0.05) is 42.5 Å². The summed E-state index contributed by atoms with van der Waals surface area (Å²) in [5.74, 6) is -0.964. The first kappa shape index (κ1) is 24.7. The summed E-state index contributed by atoms with van der Waals surface area (Å²) < 4.78 is 31.1. The molecular formula is C26H32FNO5. The van der Waals surface area contributed by atoms with Crippen LogP contribution in [0.1, 0.15) is 57.7 Å². The van der Waals surface area contributed by atoms with Crippen molar-refractivity contribution >= 4 is 12.1 Å². The zero-order chi connectivity index (χ0) is 24.1. The lowest BCUT2D eigenvalue weighted by molar-refractivity contribution is -0.161. The largest absolute Gasteiger partial charge is 0.464 e. The molecule has 2 aromatic carbocycles. The fourth-order valence-electron chi connectivity index (χ4n) is 4.14. The predicted molar refractivity (Wildman–Crippen MR) is 122 cm³/mol. The van der Waals surface area contributed by atoms with Crippen molar-refractivity contribution in [1.82, 2.24) is 4.90 Å². The van der Waals surface area contributed by atoms with Gasteiger partial charge in [-0.3, -0.25) is 4.90 Å². The smallest absolute Gasteiger partial charge is 0.411 e. The lowest BCUT2D eigenvalue weighted by Crippen LogP contribution is -2.58. The summed E-state index contributed by atoms with van der Waals surface area (Å²) in [6.45, 7) is 7.36. The van der Waals surface area contributed by atoms with E-state index in [-0.39, 0.29) is 19.8 Å². The number of halogens is 1. The molecule has 1 aliphatic heterocycles. The van der Waals surface area contributed by atoms with Crippen molar-refractivity contribution in [3.05, 3.63) is 71.5 Å². The molecule has 7 heteroatoms. The van der Waals surface area contributed by atoms with Crippen LogP contribution in [-0.4, -0.2) is 41.3 Å². The summed E-state index contributed by atoms with van der Waals surface area (Å²) in [6, 6.07) is 15.1. The maximum Gasteiger partial charge on any atom is 0.411 e. The van der Waals surface area contributed by atoms with Gasteiger partial charge in [-0.2, -0.15) is 0 Å². The molecule has 1 saturated heterocycles. The monoisotopic (exact) mass is 457 g/mol. The number of amides is 1. The molecule has 0 bridgehead atoms. The summed E-state index contributed by atoms with van der Waals surface area (Å²) in [4.78, 5) is 28.1. The van der Waals surface area contributed by atoms with Crippen LogP contribution in [0, 0.1) is 5.82 Å². The molecule has 0 aliphatic carbocycles. The van der Waals surface area contributed by atoms with E-state index in [9.17, 15) is 14.0 Å². The van der Waals surface area contributed by atoms with E-state index in [1.807, 2.05) is 30.3 Å². The maximum absolute atomic E-state index is 14.0. The van der Waals surface area contributed by atoms with Crippen LogP contribution in [0.2, 0.25) is 0 Å². The number of carbonyl (C=O) groups excluding carboxylic acids is 2. The standard InChI is InChI=1S/C26H32FNO5/c1-5-32-23(29)26(18-31-17-19-10-7-6-8-11-19)15-14-22(20-12-9-13-21(27)16-20)28(26)24(30)33-25(2,3)4/h6-13,16,22H,5,14-15,17-18H2,1-4H3/t22-,26-/m0/s1. The Morgan fingerprint density at radius 1 is 1.12 bits per heavy atom. The van der Waals surface area contributed by atoms with E-state index >= 15 is 0 Å². The average molecular weight is 458 g/mol. The van der Waals surface area contributed by atoms with Crippen molar-refractivity contribution in [3.8, 4) is 0 Å². The van der Waals surface area contributed by atoms with Crippen LogP contribution in [0.5, 0.6) is 0 Å². The van der Waals surface area contributed by atoms with Gasteiger partial charge >= 0.3 is 12.1 Å². The highest BCUT2D eigenvalue weighted by molar-refractivity contribution is 5.87. The van der Waals surface area contributed by atoms with Crippen LogP contribution in [-0.2, 0) is 25.6 Å². The van der Waals surface area contributed by atoms with Gasteiger partial charge in [-0.25, -0.2) is 14.0 Å². The molecule has 0 N–H and O–H groups in total. The van der Waals surface area contributed by atoms with E-state index in [0.29, 0.717) is 18.4 Å². The molecule has 1 amide bonds. The molecule has 0 radical (unpaired) electrons. The van der Waals surface area contributed by atoms with Crippen LogP contribution in [0.15, 0.2) is 54.6 Å². The number of hydrogen-bond acceptors (Lipinski definition) is 5. The zero-order valence-corrected chi connectivity index (χ0v) is 19.7.